The van der Waals surface area contributed by atoms with Gasteiger partial charge in [-0.2, -0.15) is 0 Å². The summed E-state index contributed by atoms with van der Waals surface area (Å²) in [5.41, 5.74) is 7.25. The van der Waals surface area contributed by atoms with Gasteiger partial charge in [0.1, 0.15) is 10.7 Å². The van der Waals surface area contributed by atoms with Crippen LogP contribution in [0.25, 0.3) is 10.6 Å². The maximum absolute atomic E-state index is 12.7. The lowest BCUT2D eigenvalue weighted by molar-refractivity contribution is 0.0656. The van der Waals surface area contributed by atoms with Gasteiger partial charge in [-0.1, -0.05) is 23.2 Å². The number of hydrogen-bond acceptors (Lipinski definition) is 4. The van der Waals surface area contributed by atoms with Gasteiger partial charge in [0.25, 0.3) is 5.91 Å². The molecule has 9 heteroatoms. The Morgan fingerprint density at radius 3 is 2.77 bits per heavy atom. The van der Waals surface area contributed by atoms with E-state index in [1.807, 2.05) is 17.9 Å². The maximum Gasteiger partial charge on any atom is 0.273 e. The lowest BCUT2D eigenvalue weighted by atomic mass is 9.92. The molecule has 1 fully saturated rings. The van der Waals surface area contributed by atoms with Gasteiger partial charge in [-0.3, -0.25) is 4.79 Å². The van der Waals surface area contributed by atoms with Crippen LogP contribution in [-0.2, 0) is 0 Å². The molecule has 0 aliphatic carbocycles. The third-order valence-electron chi connectivity index (χ3n) is 4.37. The van der Waals surface area contributed by atoms with Crippen molar-refractivity contribution >= 4 is 65.3 Å². The molecule has 1 aromatic carbocycles. The Kier molecular flexibility index (Phi) is 9.13. The predicted molar refractivity (Wildman–Crippen MR) is 114 cm³/mol. The van der Waals surface area contributed by atoms with Gasteiger partial charge >= 0.3 is 0 Å². The molecule has 2 N–H and O–H groups in total. The summed E-state index contributed by atoms with van der Waals surface area (Å²) in [6.07, 6.45) is 2.06. The van der Waals surface area contributed by atoms with E-state index in [9.17, 15) is 4.79 Å². The number of carbonyl (C=O) groups excluding carboxylic acids is 1. The van der Waals surface area contributed by atoms with Crippen LogP contribution in [0.15, 0.2) is 23.6 Å². The molecule has 1 aliphatic rings. The summed E-state index contributed by atoms with van der Waals surface area (Å²) in [5, 5.41) is 3.62. The monoisotopic (exact) mass is 455 g/mol. The Bertz CT molecular complexity index is 753. The van der Waals surface area contributed by atoms with Gasteiger partial charge in [-0.15, -0.1) is 36.2 Å². The molecule has 2 unspecified atom stereocenters. The topological polar surface area (TPSA) is 59.2 Å². The first-order chi connectivity index (χ1) is 11.5. The van der Waals surface area contributed by atoms with Gasteiger partial charge in [0.05, 0.1) is 5.02 Å². The molecule has 1 aliphatic heterocycles. The van der Waals surface area contributed by atoms with Crippen molar-refractivity contribution in [3.8, 4) is 10.6 Å². The number of benzene rings is 1. The fourth-order valence-corrected chi connectivity index (χ4v) is 4.33. The molecule has 0 radical (unpaired) electrons. The smallest absolute Gasteiger partial charge is 0.273 e. The van der Waals surface area contributed by atoms with Crippen LogP contribution < -0.4 is 5.73 Å². The lowest BCUT2D eigenvalue weighted by Crippen LogP contribution is -2.45. The molecule has 3 rings (SSSR count). The highest BCUT2D eigenvalue weighted by Crippen LogP contribution is 2.32. The number of carbonyl (C=O) groups is 1. The minimum absolute atomic E-state index is 0. The summed E-state index contributed by atoms with van der Waals surface area (Å²) in [5.74, 6) is 0.319. The minimum atomic E-state index is -0.0343. The molecule has 1 amide bonds. The van der Waals surface area contributed by atoms with Crippen LogP contribution in [0.2, 0.25) is 10.0 Å². The Morgan fingerprint density at radius 1 is 1.38 bits per heavy atom. The summed E-state index contributed by atoms with van der Waals surface area (Å²) < 4.78 is 0. The van der Waals surface area contributed by atoms with E-state index >= 15 is 0 Å². The van der Waals surface area contributed by atoms with Crippen molar-refractivity contribution in [2.45, 2.75) is 25.8 Å². The third-order valence-corrected chi connectivity index (χ3v) is 5.80. The predicted octanol–water partition coefficient (Wildman–Crippen LogP) is 5.16. The maximum atomic E-state index is 12.7. The van der Waals surface area contributed by atoms with E-state index in [0.717, 1.165) is 30.0 Å². The number of hydrogen-bond donors (Lipinski definition) is 1. The summed E-state index contributed by atoms with van der Waals surface area (Å²) in [6.45, 7) is 3.46. The van der Waals surface area contributed by atoms with Crippen LogP contribution in [-0.4, -0.2) is 34.9 Å². The number of rotatable bonds is 3. The second kappa shape index (κ2) is 10.1. The quantitative estimate of drug-likeness (QED) is 0.693. The SMILES string of the molecule is CC(N)C1CCCN(C(=O)c2csc(-c3ccc(Cl)cc3Cl)n2)C1.Cl.Cl. The van der Waals surface area contributed by atoms with Crippen molar-refractivity contribution in [2.75, 3.05) is 13.1 Å². The molecular formula is C17H21Cl4N3OS. The molecular weight excluding hydrogens is 436 g/mol. The van der Waals surface area contributed by atoms with Crippen molar-refractivity contribution in [2.24, 2.45) is 11.7 Å². The van der Waals surface area contributed by atoms with E-state index in [2.05, 4.69) is 4.98 Å². The number of likely N-dealkylation sites (tertiary alicyclic amines) is 1. The average Bonchev–Trinajstić information content (AvgIpc) is 3.04. The third kappa shape index (κ3) is 5.24. The van der Waals surface area contributed by atoms with Crippen molar-refractivity contribution in [3.63, 3.8) is 0 Å². The van der Waals surface area contributed by atoms with Crippen LogP contribution in [0.3, 0.4) is 0 Å². The second-order valence-corrected chi connectivity index (χ2v) is 7.88. The highest BCUT2D eigenvalue weighted by molar-refractivity contribution is 7.13. The molecule has 144 valence electrons. The molecule has 0 spiro atoms. The summed E-state index contributed by atoms with van der Waals surface area (Å²) in [7, 11) is 0. The minimum Gasteiger partial charge on any atom is -0.337 e. The number of piperidine rings is 1. The number of amides is 1. The zero-order valence-corrected chi connectivity index (χ0v) is 18.1. The van der Waals surface area contributed by atoms with E-state index in [0.29, 0.717) is 28.2 Å². The normalized spacial score (nSPS) is 17.8. The van der Waals surface area contributed by atoms with Crippen LogP contribution in [0.4, 0.5) is 0 Å². The Morgan fingerprint density at radius 2 is 2.12 bits per heavy atom. The highest BCUT2D eigenvalue weighted by Gasteiger charge is 2.27. The van der Waals surface area contributed by atoms with E-state index in [1.165, 1.54) is 11.3 Å². The molecule has 1 saturated heterocycles. The number of nitrogens with two attached hydrogens (primary N) is 1. The number of aromatic nitrogens is 1. The zero-order valence-electron chi connectivity index (χ0n) is 14.2. The van der Waals surface area contributed by atoms with Crippen molar-refractivity contribution in [1.29, 1.82) is 0 Å². The average molecular weight is 457 g/mol. The van der Waals surface area contributed by atoms with Crippen LogP contribution in [0.1, 0.15) is 30.3 Å². The first-order valence-corrected chi connectivity index (χ1v) is 9.55. The molecule has 1 aromatic heterocycles. The Labute approximate surface area is 179 Å². The van der Waals surface area contributed by atoms with E-state index in [1.54, 1.807) is 17.5 Å². The largest absolute Gasteiger partial charge is 0.337 e. The second-order valence-electron chi connectivity index (χ2n) is 6.17. The van der Waals surface area contributed by atoms with Crippen molar-refractivity contribution < 1.29 is 4.79 Å². The molecule has 0 saturated carbocycles. The van der Waals surface area contributed by atoms with Crippen LogP contribution in [0, 0.1) is 5.92 Å². The summed E-state index contributed by atoms with van der Waals surface area (Å²) >= 11 is 13.6. The molecule has 26 heavy (non-hydrogen) atoms. The molecule has 2 atom stereocenters. The molecule has 2 aromatic rings. The van der Waals surface area contributed by atoms with Gasteiger partial charge in [-0.25, -0.2) is 4.98 Å². The Hall–Kier alpha value is -0.560. The van der Waals surface area contributed by atoms with Gasteiger partial charge < -0.3 is 10.6 Å². The fourth-order valence-electron chi connectivity index (χ4n) is 2.94. The number of nitrogens with zero attached hydrogens (tertiary/aromatic N) is 2. The molecule has 2 heterocycles. The summed E-state index contributed by atoms with van der Waals surface area (Å²) in [6, 6.07) is 5.37. The van der Waals surface area contributed by atoms with Gasteiger partial charge in [0, 0.05) is 35.1 Å². The van der Waals surface area contributed by atoms with E-state index in [-0.39, 0.29) is 36.8 Å². The number of thiazole rings is 1. The first-order valence-electron chi connectivity index (χ1n) is 7.91. The number of halogens is 4. The van der Waals surface area contributed by atoms with Crippen molar-refractivity contribution in [1.82, 2.24) is 9.88 Å². The lowest BCUT2D eigenvalue weighted by Gasteiger charge is -2.34. The standard InChI is InChI=1S/C17H19Cl2N3OS.2ClH/c1-10(20)11-3-2-6-22(8-11)17(23)15-9-24-16(21-15)13-5-4-12(18)7-14(13)19;;/h4-5,7,9-11H,2-3,6,8,20H2,1H3;2*1H. The molecule has 0 bridgehead atoms. The first kappa shape index (κ1) is 23.5. The highest BCUT2D eigenvalue weighted by atomic mass is 35.5. The fraction of sp³-hybridized carbons (Fsp3) is 0.412. The van der Waals surface area contributed by atoms with Crippen molar-refractivity contribution in [3.05, 3.63) is 39.3 Å². The van der Waals surface area contributed by atoms with Gasteiger partial charge in [0.15, 0.2) is 0 Å². The van der Waals surface area contributed by atoms with Gasteiger partial charge in [0.2, 0.25) is 0 Å². The zero-order chi connectivity index (χ0) is 17.3. The Balaban J connectivity index is 0.00000169. The summed E-state index contributed by atoms with van der Waals surface area (Å²) in [4.78, 5) is 19.1. The van der Waals surface area contributed by atoms with Crippen LogP contribution in [0.5, 0.6) is 0 Å². The van der Waals surface area contributed by atoms with E-state index < -0.39 is 0 Å². The van der Waals surface area contributed by atoms with Gasteiger partial charge in [-0.05, 0) is 43.9 Å². The molecule has 4 nitrogen and oxygen atoms in total. The van der Waals surface area contributed by atoms with E-state index in [4.69, 9.17) is 28.9 Å². The van der Waals surface area contributed by atoms with Crippen LogP contribution >= 0.6 is 59.4 Å².